The summed E-state index contributed by atoms with van der Waals surface area (Å²) in [4.78, 5) is 18.9. The highest BCUT2D eigenvalue weighted by molar-refractivity contribution is 14.1. The number of alkyl halides is 1. The molecule has 2 rings (SSSR count). The quantitative estimate of drug-likeness (QED) is 0.310. The molecule has 2 N–H and O–H groups in total. The maximum absolute atomic E-state index is 12.4. The summed E-state index contributed by atoms with van der Waals surface area (Å²) >= 11 is 5.71. The lowest BCUT2D eigenvalue weighted by molar-refractivity contribution is -0.117. The molecule has 0 aromatic carbocycles. The lowest BCUT2D eigenvalue weighted by atomic mass is 10.1. The molecule has 1 aliphatic heterocycles. The SMILES string of the molecule is C[C@H]1C[C@@H](C(=O)Nc2nc(Br)ccc2CN(C)C)N[C@@H]1I. The number of hydrogen-bond donors (Lipinski definition) is 2. The van der Waals surface area contributed by atoms with Crippen molar-refractivity contribution in [2.45, 2.75) is 30.0 Å². The Morgan fingerprint density at radius 1 is 1.57 bits per heavy atom. The second-order valence-electron chi connectivity index (χ2n) is 5.70. The van der Waals surface area contributed by atoms with E-state index in [1.807, 2.05) is 26.2 Å². The van der Waals surface area contributed by atoms with Crippen molar-refractivity contribution in [2.24, 2.45) is 5.92 Å². The standard InChI is InChI=1S/C14H20BrIN4O/c1-8-6-10(17-12(8)16)14(21)19-13-9(7-20(2)3)4-5-11(15)18-13/h4-5,8,10,12,17H,6-7H2,1-3H3,(H,18,19,21)/t8-,10-,12-/m0/s1. The van der Waals surface area contributed by atoms with Crippen molar-refractivity contribution >= 4 is 50.2 Å². The van der Waals surface area contributed by atoms with E-state index in [0.29, 0.717) is 15.8 Å². The Balaban J connectivity index is 2.11. The van der Waals surface area contributed by atoms with Gasteiger partial charge >= 0.3 is 0 Å². The van der Waals surface area contributed by atoms with Crippen LogP contribution in [0.2, 0.25) is 0 Å². The smallest absolute Gasteiger partial charge is 0.242 e. The van der Waals surface area contributed by atoms with Crippen molar-refractivity contribution in [3.05, 3.63) is 22.3 Å². The Labute approximate surface area is 147 Å². The van der Waals surface area contributed by atoms with E-state index in [0.717, 1.165) is 23.1 Å². The molecule has 116 valence electrons. The molecule has 1 aromatic heterocycles. The lowest BCUT2D eigenvalue weighted by Crippen LogP contribution is -2.37. The number of nitrogens with one attached hydrogen (secondary N) is 2. The van der Waals surface area contributed by atoms with Gasteiger partial charge in [0.1, 0.15) is 10.4 Å². The zero-order valence-corrected chi connectivity index (χ0v) is 16.1. The monoisotopic (exact) mass is 466 g/mol. The first kappa shape index (κ1) is 17.1. The summed E-state index contributed by atoms with van der Waals surface area (Å²) < 4.78 is 1.06. The Hall–Kier alpha value is -0.250. The third kappa shape index (κ3) is 4.61. The van der Waals surface area contributed by atoms with E-state index >= 15 is 0 Å². The van der Waals surface area contributed by atoms with Gasteiger partial charge in [-0.05, 0) is 48.4 Å². The van der Waals surface area contributed by atoms with Gasteiger partial charge in [0.2, 0.25) is 5.91 Å². The highest BCUT2D eigenvalue weighted by atomic mass is 127. The fourth-order valence-electron chi connectivity index (χ4n) is 2.34. The van der Waals surface area contributed by atoms with Gasteiger partial charge in [-0.3, -0.25) is 10.1 Å². The lowest BCUT2D eigenvalue weighted by Gasteiger charge is -2.16. The first-order valence-corrected chi connectivity index (χ1v) is 8.92. The summed E-state index contributed by atoms with van der Waals surface area (Å²) in [6.07, 6.45) is 0.858. The molecule has 1 amide bonds. The molecule has 1 saturated heterocycles. The molecule has 3 atom stereocenters. The van der Waals surface area contributed by atoms with E-state index in [2.05, 4.69) is 66.0 Å². The van der Waals surface area contributed by atoms with Crippen molar-refractivity contribution in [1.82, 2.24) is 15.2 Å². The van der Waals surface area contributed by atoms with Crippen molar-refractivity contribution in [1.29, 1.82) is 0 Å². The summed E-state index contributed by atoms with van der Waals surface area (Å²) in [6, 6.07) is 3.74. The Bertz CT molecular complexity index is 516. The molecular formula is C14H20BrIN4O. The first-order valence-electron chi connectivity index (χ1n) is 6.88. The van der Waals surface area contributed by atoms with Crippen LogP contribution < -0.4 is 10.6 Å². The molecular weight excluding hydrogens is 447 g/mol. The minimum absolute atomic E-state index is 0.00776. The van der Waals surface area contributed by atoms with Crippen LogP contribution in [-0.2, 0) is 11.3 Å². The average Bonchev–Trinajstić information content (AvgIpc) is 2.73. The van der Waals surface area contributed by atoms with Gasteiger partial charge in [0.05, 0.1) is 10.1 Å². The van der Waals surface area contributed by atoms with Gasteiger partial charge in [0.15, 0.2) is 0 Å². The van der Waals surface area contributed by atoms with Crippen LogP contribution in [0.15, 0.2) is 16.7 Å². The summed E-state index contributed by atoms with van der Waals surface area (Å²) in [7, 11) is 3.99. The van der Waals surface area contributed by atoms with E-state index < -0.39 is 0 Å². The predicted molar refractivity (Wildman–Crippen MR) is 96.5 cm³/mol. The Kier molecular flexibility index (Phi) is 5.98. The van der Waals surface area contributed by atoms with E-state index in [-0.39, 0.29) is 11.9 Å². The van der Waals surface area contributed by atoms with E-state index in [9.17, 15) is 4.79 Å². The molecule has 0 bridgehead atoms. The first-order chi connectivity index (χ1) is 9.86. The van der Waals surface area contributed by atoms with Gasteiger partial charge in [-0.25, -0.2) is 4.98 Å². The maximum atomic E-state index is 12.4. The fourth-order valence-corrected chi connectivity index (χ4v) is 3.38. The highest BCUT2D eigenvalue weighted by Crippen LogP contribution is 2.25. The normalized spacial score (nSPS) is 25.3. The van der Waals surface area contributed by atoms with Gasteiger partial charge in [-0.2, -0.15) is 0 Å². The molecule has 1 aliphatic rings. The van der Waals surface area contributed by atoms with Crippen LogP contribution >= 0.6 is 38.5 Å². The van der Waals surface area contributed by atoms with E-state index in [1.54, 1.807) is 0 Å². The summed E-state index contributed by atoms with van der Waals surface area (Å²) in [5.74, 6) is 1.12. The molecule has 0 aliphatic carbocycles. The summed E-state index contributed by atoms with van der Waals surface area (Å²) in [6.45, 7) is 2.89. The van der Waals surface area contributed by atoms with Crippen LogP contribution in [0.5, 0.6) is 0 Å². The number of carbonyl (C=O) groups excluding carboxylic acids is 1. The number of pyridine rings is 1. The Morgan fingerprint density at radius 3 is 2.86 bits per heavy atom. The number of hydrogen-bond acceptors (Lipinski definition) is 4. The van der Waals surface area contributed by atoms with Crippen molar-refractivity contribution in [2.75, 3.05) is 19.4 Å². The van der Waals surface area contributed by atoms with Gasteiger partial charge in [0.25, 0.3) is 0 Å². The predicted octanol–water partition coefficient (Wildman–Crippen LogP) is 2.60. The summed E-state index contributed by atoms with van der Waals surface area (Å²) in [5, 5.41) is 6.29. The van der Waals surface area contributed by atoms with Crippen LogP contribution in [0, 0.1) is 5.92 Å². The molecule has 21 heavy (non-hydrogen) atoms. The van der Waals surface area contributed by atoms with Crippen LogP contribution in [0.3, 0.4) is 0 Å². The van der Waals surface area contributed by atoms with Crippen LogP contribution in [0.25, 0.3) is 0 Å². The molecule has 1 aromatic rings. The molecule has 2 heterocycles. The van der Waals surface area contributed by atoms with Gasteiger partial charge < -0.3 is 10.2 Å². The van der Waals surface area contributed by atoms with Crippen molar-refractivity contribution in [3.8, 4) is 0 Å². The van der Waals surface area contributed by atoms with Crippen molar-refractivity contribution < 1.29 is 4.79 Å². The van der Waals surface area contributed by atoms with Crippen molar-refractivity contribution in [3.63, 3.8) is 0 Å². The molecule has 5 nitrogen and oxygen atoms in total. The minimum Gasteiger partial charge on any atom is -0.309 e. The zero-order valence-electron chi connectivity index (χ0n) is 12.4. The fraction of sp³-hybridized carbons (Fsp3) is 0.571. The third-order valence-corrected chi connectivity index (χ3v) is 5.49. The number of carbonyl (C=O) groups is 1. The van der Waals surface area contributed by atoms with Gasteiger partial charge in [-0.15, -0.1) is 0 Å². The maximum Gasteiger partial charge on any atom is 0.242 e. The molecule has 0 unspecified atom stereocenters. The van der Waals surface area contributed by atoms with E-state index in [4.69, 9.17) is 0 Å². The topological polar surface area (TPSA) is 57.3 Å². The Morgan fingerprint density at radius 2 is 2.29 bits per heavy atom. The molecule has 0 saturated carbocycles. The average molecular weight is 467 g/mol. The van der Waals surface area contributed by atoms with Gasteiger partial charge in [0, 0.05) is 12.1 Å². The van der Waals surface area contributed by atoms with Crippen LogP contribution in [0.4, 0.5) is 5.82 Å². The zero-order chi connectivity index (χ0) is 15.6. The number of rotatable bonds is 4. The third-order valence-electron chi connectivity index (χ3n) is 3.46. The largest absolute Gasteiger partial charge is 0.309 e. The summed E-state index contributed by atoms with van der Waals surface area (Å²) in [5.41, 5.74) is 1.01. The highest BCUT2D eigenvalue weighted by Gasteiger charge is 2.33. The number of halogens is 2. The van der Waals surface area contributed by atoms with Crippen LogP contribution in [0.1, 0.15) is 18.9 Å². The van der Waals surface area contributed by atoms with E-state index in [1.165, 1.54) is 0 Å². The molecule has 1 fully saturated rings. The number of amides is 1. The molecule has 7 heteroatoms. The minimum atomic E-state index is -0.144. The number of aromatic nitrogens is 1. The van der Waals surface area contributed by atoms with Crippen LogP contribution in [-0.4, -0.2) is 40.0 Å². The second kappa shape index (κ2) is 7.34. The second-order valence-corrected chi connectivity index (χ2v) is 7.86. The molecule has 0 spiro atoms. The number of nitrogens with zero attached hydrogens (tertiary/aromatic N) is 2. The number of anilines is 1. The van der Waals surface area contributed by atoms with Gasteiger partial charge in [-0.1, -0.05) is 35.6 Å². The molecule has 0 radical (unpaired) electrons.